The minimum absolute atomic E-state index is 0.0257. The van der Waals surface area contributed by atoms with Crippen LogP contribution in [0.2, 0.25) is 0 Å². The zero-order valence-corrected chi connectivity index (χ0v) is 13.5. The first-order valence-electron chi connectivity index (χ1n) is 7.82. The number of carbonyl (C=O) groups is 1. The van der Waals surface area contributed by atoms with E-state index in [2.05, 4.69) is 5.32 Å². The summed E-state index contributed by atoms with van der Waals surface area (Å²) in [5.41, 5.74) is 0. The molecule has 0 aromatic heterocycles. The number of carbonyl (C=O) groups excluding carboxylic acids is 1. The lowest BCUT2D eigenvalue weighted by atomic mass is 9.95. The predicted octanol–water partition coefficient (Wildman–Crippen LogP) is 0.876. The second-order valence-corrected chi connectivity index (χ2v) is 7.97. The largest absolute Gasteiger partial charge is 0.376 e. The van der Waals surface area contributed by atoms with Gasteiger partial charge in [-0.3, -0.25) is 4.79 Å². The van der Waals surface area contributed by atoms with Crippen LogP contribution in [-0.4, -0.2) is 56.7 Å². The maximum atomic E-state index is 12.0. The van der Waals surface area contributed by atoms with Crippen LogP contribution >= 0.6 is 0 Å². The minimum Gasteiger partial charge on any atom is -0.376 e. The van der Waals surface area contributed by atoms with Crippen molar-refractivity contribution in [3.63, 3.8) is 0 Å². The number of ether oxygens (including phenoxy) is 1. The van der Waals surface area contributed by atoms with Crippen molar-refractivity contribution < 1.29 is 17.9 Å². The Kier molecular flexibility index (Phi) is 6.01. The van der Waals surface area contributed by atoms with Crippen LogP contribution in [0.1, 0.15) is 44.9 Å². The molecular formula is C14H26N2O4S. The number of rotatable bonds is 6. The molecule has 1 saturated carbocycles. The van der Waals surface area contributed by atoms with Crippen molar-refractivity contribution in [3.8, 4) is 0 Å². The summed E-state index contributed by atoms with van der Waals surface area (Å²) >= 11 is 0. The average molecular weight is 318 g/mol. The van der Waals surface area contributed by atoms with Crippen LogP contribution in [0.25, 0.3) is 0 Å². The third-order valence-corrected chi connectivity index (χ3v) is 5.54. The van der Waals surface area contributed by atoms with Gasteiger partial charge in [-0.2, -0.15) is 4.31 Å². The molecule has 2 fully saturated rings. The molecule has 1 saturated heterocycles. The number of hydrogen-bond acceptors (Lipinski definition) is 4. The van der Waals surface area contributed by atoms with Crippen molar-refractivity contribution in [3.05, 3.63) is 0 Å². The fourth-order valence-corrected chi connectivity index (χ4v) is 4.22. The van der Waals surface area contributed by atoms with E-state index in [9.17, 15) is 13.2 Å². The van der Waals surface area contributed by atoms with Gasteiger partial charge < -0.3 is 10.1 Å². The van der Waals surface area contributed by atoms with Gasteiger partial charge in [0.2, 0.25) is 15.9 Å². The Morgan fingerprint density at radius 3 is 2.48 bits per heavy atom. The first-order valence-corrected chi connectivity index (χ1v) is 9.67. The van der Waals surface area contributed by atoms with Gasteiger partial charge >= 0.3 is 0 Å². The molecule has 0 spiro atoms. The summed E-state index contributed by atoms with van der Waals surface area (Å²) in [5.74, 6) is -0.235. The van der Waals surface area contributed by atoms with Crippen LogP contribution in [0.3, 0.4) is 0 Å². The molecule has 1 unspecified atom stereocenters. The molecule has 0 radical (unpaired) electrons. The molecule has 2 rings (SSSR count). The highest BCUT2D eigenvalue weighted by Gasteiger charge is 2.30. The summed E-state index contributed by atoms with van der Waals surface area (Å²) in [6.45, 7) is 1.15. The maximum absolute atomic E-state index is 12.0. The van der Waals surface area contributed by atoms with Crippen molar-refractivity contribution in [1.29, 1.82) is 0 Å². The highest BCUT2D eigenvalue weighted by atomic mass is 32.2. The number of nitrogens with zero attached hydrogens (tertiary/aromatic N) is 1. The van der Waals surface area contributed by atoms with E-state index in [1.165, 1.54) is 10.6 Å². The van der Waals surface area contributed by atoms with Crippen molar-refractivity contribution >= 4 is 15.9 Å². The van der Waals surface area contributed by atoms with Gasteiger partial charge in [0.25, 0.3) is 0 Å². The molecule has 6 nitrogen and oxygen atoms in total. The summed E-state index contributed by atoms with van der Waals surface area (Å²) in [6.07, 6.45) is 8.18. The van der Waals surface area contributed by atoms with E-state index in [1.54, 1.807) is 0 Å². The van der Waals surface area contributed by atoms with E-state index in [4.69, 9.17) is 4.74 Å². The highest BCUT2D eigenvalue weighted by molar-refractivity contribution is 7.88. The number of amides is 1. The Labute approximate surface area is 127 Å². The molecule has 2 aliphatic rings. The molecule has 1 atom stereocenters. The van der Waals surface area contributed by atoms with Crippen molar-refractivity contribution in [1.82, 2.24) is 9.62 Å². The fraction of sp³-hybridized carbons (Fsp3) is 0.929. The lowest BCUT2D eigenvalue weighted by Crippen LogP contribution is -2.47. The SMILES string of the molecule is CS(=O)(=O)N(CC(=O)NCC1CCCO1)C1CCCCC1. The van der Waals surface area contributed by atoms with E-state index in [-0.39, 0.29) is 24.6 Å². The van der Waals surface area contributed by atoms with Gasteiger partial charge in [-0.15, -0.1) is 0 Å². The molecule has 1 aliphatic carbocycles. The summed E-state index contributed by atoms with van der Waals surface area (Å²) in [6, 6.07) is -0.0257. The van der Waals surface area contributed by atoms with Gasteiger partial charge in [-0.25, -0.2) is 8.42 Å². The molecule has 1 heterocycles. The van der Waals surface area contributed by atoms with Gasteiger partial charge in [-0.1, -0.05) is 19.3 Å². The van der Waals surface area contributed by atoms with Gasteiger partial charge in [0, 0.05) is 19.2 Å². The maximum Gasteiger partial charge on any atom is 0.235 e. The second kappa shape index (κ2) is 7.56. The molecule has 21 heavy (non-hydrogen) atoms. The summed E-state index contributed by atoms with van der Waals surface area (Å²) < 4.78 is 30.7. The van der Waals surface area contributed by atoms with E-state index in [0.29, 0.717) is 6.54 Å². The summed E-state index contributed by atoms with van der Waals surface area (Å²) in [7, 11) is -3.36. The quantitative estimate of drug-likeness (QED) is 0.789. The monoisotopic (exact) mass is 318 g/mol. The Hall–Kier alpha value is -0.660. The number of hydrogen-bond donors (Lipinski definition) is 1. The molecular weight excluding hydrogens is 292 g/mol. The first-order chi connectivity index (χ1) is 9.97. The molecule has 122 valence electrons. The Morgan fingerprint density at radius 1 is 1.19 bits per heavy atom. The van der Waals surface area contributed by atoms with Crippen LogP contribution in [0.15, 0.2) is 0 Å². The van der Waals surface area contributed by atoms with Gasteiger partial charge in [0.05, 0.1) is 18.9 Å². The topological polar surface area (TPSA) is 75.7 Å². The van der Waals surface area contributed by atoms with E-state index in [0.717, 1.165) is 51.6 Å². The predicted molar refractivity (Wildman–Crippen MR) is 80.4 cm³/mol. The van der Waals surface area contributed by atoms with E-state index in [1.807, 2.05) is 0 Å². The molecule has 0 aromatic carbocycles. The van der Waals surface area contributed by atoms with Crippen LogP contribution in [0, 0.1) is 0 Å². The second-order valence-electron chi connectivity index (χ2n) is 6.04. The standard InChI is InChI=1S/C14H26N2O4S/c1-21(18,19)16(12-6-3-2-4-7-12)11-14(17)15-10-13-8-5-9-20-13/h12-13H,2-11H2,1H3,(H,15,17). The molecule has 0 bridgehead atoms. The molecule has 1 aliphatic heterocycles. The lowest BCUT2D eigenvalue weighted by Gasteiger charge is -2.31. The zero-order chi connectivity index (χ0) is 15.3. The van der Waals surface area contributed by atoms with Crippen molar-refractivity contribution in [2.45, 2.75) is 57.1 Å². The first kappa shape index (κ1) is 16.7. The Morgan fingerprint density at radius 2 is 1.90 bits per heavy atom. The molecule has 7 heteroatoms. The number of nitrogens with one attached hydrogen (secondary N) is 1. The zero-order valence-electron chi connectivity index (χ0n) is 12.7. The average Bonchev–Trinajstić information content (AvgIpc) is 2.95. The highest BCUT2D eigenvalue weighted by Crippen LogP contribution is 2.24. The smallest absolute Gasteiger partial charge is 0.235 e. The van der Waals surface area contributed by atoms with E-state index >= 15 is 0 Å². The van der Waals surface area contributed by atoms with Crippen LogP contribution in [0.4, 0.5) is 0 Å². The minimum atomic E-state index is -3.36. The third kappa shape index (κ3) is 5.23. The van der Waals surface area contributed by atoms with Crippen molar-refractivity contribution in [2.24, 2.45) is 0 Å². The molecule has 1 amide bonds. The van der Waals surface area contributed by atoms with Gasteiger partial charge in [0.15, 0.2) is 0 Å². The lowest BCUT2D eigenvalue weighted by molar-refractivity contribution is -0.122. The van der Waals surface area contributed by atoms with Crippen LogP contribution in [-0.2, 0) is 19.6 Å². The normalized spacial score (nSPS) is 24.4. The summed E-state index contributed by atoms with van der Waals surface area (Å²) in [4.78, 5) is 12.0. The van der Waals surface area contributed by atoms with Gasteiger partial charge in [-0.05, 0) is 25.7 Å². The van der Waals surface area contributed by atoms with Crippen LogP contribution < -0.4 is 5.32 Å². The Balaban J connectivity index is 1.86. The summed E-state index contributed by atoms with van der Waals surface area (Å²) in [5, 5.41) is 2.80. The fourth-order valence-electron chi connectivity index (χ4n) is 3.12. The molecule has 1 N–H and O–H groups in total. The third-order valence-electron chi connectivity index (χ3n) is 4.26. The Bertz CT molecular complexity index is 440. The van der Waals surface area contributed by atoms with Gasteiger partial charge in [0.1, 0.15) is 0 Å². The molecule has 0 aromatic rings. The van der Waals surface area contributed by atoms with E-state index < -0.39 is 10.0 Å². The number of sulfonamides is 1. The van der Waals surface area contributed by atoms with Crippen molar-refractivity contribution in [2.75, 3.05) is 26.0 Å². The van der Waals surface area contributed by atoms with Crippen LogP contribution in [0.5, 0.6) is 0 Å².